The van der Waals surface area contributed by atoms with Gasteiger partial charge in [-0.05, 0) is 18.4 Å². The first-order valence-corrected chi connectivity index (χ1v) is 5.13. The molecule has 0 spiro atoms. The van der Waals surface area contributed by atoms with Crippen molar-refractivity contribution in [3.8, 4) is 0 Å². The molecule has 1 aliphatic rings. The number of hydrogen-bond acceptors (Lipinski definition) is 0. The van der Waals surface area contributed by atoms with Crippen molar-refractivity contribution < 1.29 is 8.78 Å². The van der Waals surface area contributed by atoms with E-state index >= 15 is 0 Å². The summed E-state index contributed by atoms with van der Waals surface area (Å²) in [6, 6.07) is 9.15. The average molecular weight is 196 g/mol. The van der Waals surface area contributed by atoms with E-state index in [4.69, 9.17) is 0 Å². The van der Waals surface area contributed by atoms with Crippen LogP contribution in [0.1, 0.15) is 37.2 Å². The Hall–Kier alpha value is -0.920. The second-order valence-electron chi connectivity index (χ2n) is 3.97. The van der Waals surface area contributed by atoms with Gasteiger partial charge < -0.3 is 0 Å². The Morgan fingerprint density at radius 1 is 1.07 bits per heavy atom. The molecule has 0 nitrogen and oxygen atoms in total. The number of hydrogen-bond donors (Lipinski definition) is 0. The van der Waals surface area contributed by atoms with E-state index in [-0.39, 0.29) is 6.42 Å². The molecule has 0 aliphatic heterocycles. The first-order chi connectivity index (χ1) is 6.70. The second kappa shape index (κ2) is 3.68. The number of rotatable bonds is 1. The molecule has 2 heteroatoms. The van der Waals surface area contributed by atoms with E-state index in [2.05, 4.69) is 0 Å². The summed E-state index contributed by atoms with van der Waals surface area (Å²) >= 11 is 0. The highest BCUT2D eigenvalue weighted by Crippen LogP contribution is 2.44. The van der Waals surface area contributed by atoms with Crippen LogP contribution in [0.25, 0.3) is 0 Å². The Balaban J connectivity index is 2.24. The lowest BCUT2D eigenvalue weighted by Crippen LogP contribution is -2.29. The van der Waals surface area contributed by atoms with Crippen molar-refractivity contribution in [3.63, 3.8) is 0 Å². The highest BCUT2D eigenvalue weighted by Gasteiger charge is 2.41. The number of halogens is 2. The summed E-state index contributed by atoms with van der Waals surface area (Å²) in [6.45, 7) is 0. The fraction of sp³-hybridized carbons (Fsp3) is 0.500. The third kappa shape index (κ3) is 1.79. The van der Waals surface area contributed by atoms with Gasteiger partial charge in [-0.2, -0.15) is 0 Å². The third-order valence-corrected chi connectivity index (χ3v) is 2.96. The molecule has 1 aromatic carbocycles. The van der Waals surface area contributed by atoms with E-state index in [1.165, 1.54) is 0 Å². The number of benzene rings is 1. The van der Waals surface area contributed by atoms with Crippen molar-refractivity contribution in [1.82, 2.24) is 0 Å². The molecule has 1 saturated carbocycles. The minimum Gasteiger partial charge on any atom is -0.206 e. The predicted molar refractivity (Wildman–Crippen MR) is 52.6 cm³/mol. The molecule has 1 atom stereocenters. The number of alkyl halides is 2. The Morgan fingerprint density at radius 3 is 2.43 bits per heavy atom. The van der Waals surface area contributed by atoms with Crippen LogP contribution in [0.5, 0.6) is 0 Å². The molecule has 0 bridgehead atoms. The van der Waals surface area contributed by atoms with E-state index in [1.54, 1.807) is 0 Å². The Morgan fingerprint density at radius 2 is 1.79 bits per heavy atom. The van der Waals surface area contributed by atoms with Crippen LogP contribution >= 0.6 is 0 Å². The standard InChI is InChI=1S/C12H14F2/c13-12(14)9-5-4-8-11(12)10-6-2-1-3-7-10/h1-3,6-7,11H,4-5,8-9H2/t11-/m0/s1. The normalized spacial score (nSPS) is 26.0. The van der Waals surface area contributed by atoms with E-state index in [9.17, 15) is 8.78 Å². The van der Waals surface area contributed by atoms with Crippen LogP contribution in [0.3, 0.4) is 0 Å². The zero-order valence-electron chi connectivity index (χ0n) is 8.05. The Bertz CT molecular complexity index is 292. The van der Waals surface area contributed by atoms with E-state index in [1.807, 2.05) is 30.3 Å². The molecule has 1 fully saturated rings. The van der Waals surface area contributed by atoms with Gasteiger partial charge in [-0.3, -0.25) is 0 Å². The molecule has 2 rings (SSSR count). The molecular weight excluding hydrogens is 182 g/mol. The summed E-state index contributed by atoms with van der Waals surface area (Å²) in [5.41, 5.74) is 0.789. The van der Waals surface area contributed by atoms with Gasteiger partial charge in [0.05, 0.1) is 0 Å². The van der Waals surface area contributed by atoms with Gasteiger partial charge in [-0.15, -0.1) is 0 Å². The van der Waals surface area contributed by atoms with Gasteiger partial charge in [0.1, 0.15) is 0 Å². The van der Waals surface area contributed by atoms with Crippen LogP contribution in [0.2, 0.25) is 0 Å². The predicted octanol–water partition coefficient (Wildman–Crippen LogP) is 3.98. The van der Waals surface area contributed by atoms with Crippen molar-refractivity contribution in [1.29, 1.82) is 0 Å². The van der Waals surface area contributed by atoms with Crippen LogP contribution in [0, 0.1) is 0 Å². The van der Waals surface area contributed by atoms with Crippen LogP contribution in [0.15, 0.2) is 30.3 Å². The van der Waals surface area contributed by atoms with Crippen LogP contribution in [-0.2, 0) is 0 Å². The first kappa shape index (κ1) is 9.63. The molecule has 76 valence electrons. The van der Waals surface area contributed by atoms with E-state index < -0.39 is 11.8 Å². The maximum Gasteiger partial charge on any atom is 0.254 e. The van der Waals surface area contributed by atoms with Gasteiger partial charge in [0, 0.05) is 12.3 Å². The summed E-state index contributed by atoms with van der Waals surface area (Å²) in [6.07, 6.45) is 2.26. The topological polar surface area (TPSA) is 0 Å². The lowest BCUT2D eigenvalue weighted by molar-refractivity contribution is -0.0547. The molecule has 0 heterocycles. The summed E-state index contributed by atoms with van der Waals surface area (Å²) in [5, 5.41) is 0. The Kier molecular flexibility index (Phi) is 2.53. The third-order valence-electron chi connectivity index (χ3n) is 2.96. The molecule has 0 amide bonds. The van der Waals surface area contributed by atoms with Gasteiger partial charge in [0.15, 0.2) is 0 Å². The zero-order chi connectivity index (χ0) is 10.0. The maximum atomic E-state index is 13.6. The molecule has 1 aromatic rings. The van der Waals surface area contributed by atoms with Gasteiger partial charge in [0.2, 0.25) is 0 Å². The summed E-state index contributed by atoms with van der Waals surface area (Å²) in [5.74, 6) is -3.06. The van der Waals surface area contributed by atoms with Gasteiger partial charge in [0.25, 0.3) is 5.92 Å². The summed E-state index contributed by atoms with van der Waals surface area (Å²) in [7, 11) is 0. The van der Waals surface area contributed by atoms with E-state index in [0.29, 0.717) is 12.8 Å². The summed E-state index contributed by atoms with van der Waals surface area (Å²) in [4.78, 5) is 0. The van der Waals surface area contributed by atoms with Crippen LogP contribution < -0.4 is 0 Å². The van der Waals surface area contributed by atoms with Gasteiger partial charge in [-0.25, -0.2) is 8.78 Å². The molecule has 0 N–H and O–H groups in total. The molecule has 14 heavy (non-hydrogen) atoms. The fourth-order valence-electron chi connectivity index (χ4n) is 2.19. The maximum absolute atomic E-state index is 13.6. The quantitative estimate of drug-likeness (QED) is 0.637. The van der Waals surface area contributed by atoms with Crippen molar-refractivity contribution in [3.05, 3.63) is 35.9 Å². The lowest BCUT2D eigenvalue weighted by Gasteiger charge is -2.31. The van der Waals surface area contributed by atoms with Gasteiger partial charge >= 0.3 is 0 Å². The molecule has 0 unspecified atom stereocenters. The van der Waals surface area contributed by atoms with Crippen molar-refractivity contribution in [2.75, 3.05) is 0 Å². The smallest absolute Gasteiger partial charge is 0.206 e. The van der Waals surface area contributed by atoms with Crippen LogP contribution in [0.4, 0.5) is 8.78 Å². The van der Waals surface area contributed by atoms with Crippen molar-refractivity contribution >= 4 is 0 Å². The lowest BCUT2D eigenvalue weighted by atomic mass is 9.81. The molecule has 0 radical (unpaired) electrons. The zero-order valence-corrected chi connectivity index (χ0v) is 8.05. The van der Waals surface area contributed by atoms with Crippen molar-refractivity contribution in [2.24, 2.45) is 0 Å². The van der Waals surface area contributed by atoms with Crippen molar-refractivity contribution in [2.45, 2.75) is 37.5 Å². The SMILES string of the molecule is FC1(F)CCCC[C@H]1c1ccccc1. The molecular formula is C12H14F2. The minimum atomic E-state index is -2.50. The highest BCUT2D eigenvalue weighted by molar-refractivity contribution is 5.22. The first-order valence-electron chi connectivity index (χ1n) is 5.13. The Labute approximate surface area is 82.9 Å². The highest BCUT2D eigenvalue weighted by atomic mass is 19.3. The summed E-state index contributed by atoms with van der Waals surface area (Å²) < 4.78 is 27.1. The monoisotopic (exact) mass is 196 g/mol. The van der Waals surface area contributed by atoms with Crippen LogP contribution in [-0.4, -0.2) is 5.92 Å². The molecule has 1 aliphatic carbocycles. The fourth-order valence-corrected chi connectivity index (χ4v) is 2.19. The molecule has 0 aromatic heterocycles. The van der Waals surface area contributed by atoms with Gasteiger partial charge in [-0.1, -0.05) is 36.8 Å². The average Bonchev–Trinajstić information content (AvgIpc) is 2.18. The minimum absolute atomic E-state index is 0.0482. The second-order valence-corrected chi connectivity index (χ2v) is 3.97. The largest absolute Gasteiger partial charge is 0.254 e. The van der Waals surface area contributed by atoms with E-state index in [0.717, 1.165) is 12.0 Å². The molecule has 0 saturated heterocycles.